The van der Waals surface area contributed by atoms with Crippen molar-refractivity contribution in [3.05, 3.63) is 0 Å². The van der Waals surface area contributed by atoms with E-state index in [4.69, 9.17) is 9.47 Å². The summed E-state index contributed by atoms with van der Waals surface area (Å²) in [6.07, 6.45) is 0.0994. The fourth-order valence-electron chi connectivity index (χ4n) is 0.826. The third-order valence-electron chi connectivity index (χ3n) is 1.34. The maximum absolute atomic E-state index is 10.3. The molecule has 0 aliphatic carbocycles. The molecule has 0 radical (unpaired) electrons. The van der Waals surface area contributed by atoms with Crippen molar-refractivity contribution in [2.45, 2.75) is 26.9 Å². The first-order valence-electron chi connectivity index (χ1n) is 4.49. The van der Waals surface area contributed by atoms with Crippen LogP contribution in [0.25, 0.3) is 0 Å². The van der Waals surface area contributed by atoms with Crippen LogP contribution in [0.4, 0.5) is 0 Å². The quantitative estimate of drug-likeness (QED) is 0.443. The number of hydrogen-bond acceptors (Lipinski definition) is 4. The zero-order chi connectivity index (χ0) is 10.1. The number of hydrogen-bond donors (Lipinski definition) is 0. The van der Waals surface area contributed by atoms with E-state index in [1.165, 1.54) is 6.92 Å². The summed E-state index contributed by atoms with van der Waals surface area (Å²) >= 11 is 0. The first kappa shape index (κ1) is 12.4. The predicted molar refractivity (Wildman–Crippen MR) is 48.5 cm³/mol. The van der Waals surface area contributed by atoms with E-state index in [0.29, 0.717) is 26.4 Å². The Kier molecular flexibility index (Phi) is 7.63. The van der Waals surface area contributed by atoms with Crippen molar-refractivity contribution < 1.29 is 19.0 Å². The highest BCUT2D eigenvalue weighted by Crippen LogP contribution is 1.91. The van der Waals surface area contributed by atoms with Crippen molar-refractivity contribution in [1.82, 2.24) is 0 Å². The number of ether oxygens (including phenoxy) is 3. The average Bonchev–Trinajstić information content (AvgIpc) is 2.03. The Labute approximate surface area is 79.2 Å². The van der Waals surface area contributed by atoms with Crippen LogP contribution in [0.1, 0.15) is 20.8 Å². The summed E-state index contributed by atoms with van der Waals surface area (Å²) in [5, 5.41) is 0. The van der Waals surface area contributed by atoms with Crippen LogP contribution >= 0.6 is 0 Å². The van der Waals surface area contributed by atoms with Crippen molar-refractivity contribution in [1.29, 1.82) is 0 Å². The Morgan fingerprint density at radius 2 is 2.08 bits per heavy atom. The maximum Gasteiger partial charge on any atom is 0.302 e. The van der Waals surface area contributed by atoms with Gasteiger partial charge in [-0.15, -0.1) is 0 Å². The summed E-state index contributed by atoms with van der Waals surface area (Å²) in [7, 11) is 0. The maximum atomic E-state index is 10.3. The summed E-state index contributed by atoms with van der Waals surface area (Å²) in [6, 6.07) is 0. The minimum Gasteiger partial charge on any atom is -0.463 e. The van der Waals surface area contributed by atoms with E-state index in [0.717, 1.165) is 0 Å². The molecule has 13 heavy (non-hydrogen) atoms. The smallest absolute Gasteiger partial charge is 0.302 e. The predicted octanol–water partition coefficient (Wildman–Crippen LogP) is 0.991. The van der Waals surface area contributed by atoms with E-state index in [-0.39, 0.29) is 12.1 Å². The summed E-state index contributed by atoms with van der Waals surface area (Å²) in [6.45, 7) is 7.22. The number of carbonyl (C=O) groups is 1. The van der Waals surface area contributed by atoms with Crippen LogP contribution in [0, 0.1) is 0 Å². The molecule has 1 unspecified atom stereocenters. The summed E-state index contributed by atoms with van der Waals surface area (Å²) in [4.78, 5) is 10.3. The minimum atomic E-state index is -0.276. The van der Waals surface area contributed by atoms with Gasteiger partial charge in [0, 0.05) is 13.5 Å². The van der Waals surface area contributed by atoms with E-state index < -0.39 is 0 Å². The average molecular weight is 190 g/mol. The molecule has 0 rings (SSSR count). The highest BCUT2D eigenvalue weighted by molar-refractivity contribution is 5.65. The lowest BCUT2D eigenvalue weighted by Crippen LogP contribution is -2.18. The van der Waals surface area contributed by atoms with Crippen LogP contribution < -0.4 is 0 Å². The molecule has 0 amide bonds. The minimum absolute atomic E-state index is 0.0994. The van der Waals surface area contributed by atoms with Gasteiger partial charge in [0.05, 0.1) is 19.3 Å². The largest absolute Gasteiger partial charge is 0.463 e. The zero-order valence-electron chi connectivity index (χ0n) is 8.54. The van der Waals surface area contributed by atoms with Crippen LogP contribution in [-0.2, 0) is 19.0 Å². The van der Waals surface area contributed by atoms with Gasteiger partial charge in [0.15, 0.2) is 0 Å². The normalized spacial score (nSPS) is 12.5. The van der Waals surface area contributed by atoms with E-state index in [9.17, 15) is 4.79 Å². The van der Waals surface area contributed by atoms with E-state index in [1.807, 2.05) is 13.8 Å². The molecule has 4 heteroatoms. The summed E-state index contributed by atoms with van der Waals surface area (Å²) in [5.41, 5.74) is 0. The molecule has 0 aromatic heterocycles. The van der Waals surface area contributed by atoms with Crippen molar-refractivity contribution in [3.8, 4) is 0 Å². The third-order valence-corrected chi connectivity index (χ3v) is 1.34. The van der Waals surface area contributed by atoms with Crippen LogP contribution in [-0.4, -0.2) is 38.5 Å². The van der Waals surface area contributed by atoms with Crippen LogP contribution in [0.3, 0.4) is 0 Å². The van der Waals surface area contributed by atoms with Gasteiger partial charge in [-0.1, -0.05) is 0 Å². The number of rotatable bonds is 7. The van der Waals surface area contributed by atoms with E-state index >= 15 is 0 Å². The molecule has 0 heterocycles. The third kappa shape index (κ3) is 9.30. The molecule has 0 aliphatic rings. The summed E-state index contributed by atoms with van der Waals surface area (Å²) in [5.74, 6) is -0.276. The molecule has 0 saturated carbocycles. The topological polar surface area (TPSA) is 44.8 Å². The molecule has 0 saturated heterocycles. The Morgan fingerprint density at radius 1 is 1.38 bits per heavy atom. The molecule has 0 fully saturated rings. The Hall–Kier alpha value is -0.610. The van der Waals surface area contributed by atoms with E-state index in [1.54, 1.807) is 0 Å². The molecular weight excluding hydrogens is 172 g/mol. The van der Waals surface area contributed by atoms with Gasteiger partial charge in [0.25, 0.3) is 0 Å². The van der Waals surface area contributed by atoms with Gasteiger partial charge < -0.3 is 14.2 Å². The van der Waals surface area contributed by atoms with Gasteiger partial charge in [-0.2, -0.15) is 0 Å². The van der Waals surface area contributed by atoms with Gasteiger partial charge in [0.1, 0.15) is 6.61 Å². The monoisotopic (exact) mass is 190 g/mol. The second-order valence-corrected chi connectivity index (χ2v) is 2.68. The number of esters is 1. The molecule has 1 atom stereocenters. The second kappa shape index (κ2) is 8.01. The zero-order valence-corrected chi connectivity index (χ0v) is 8.54. The van der Waals surface area contributed by atoms with E-state index in [2.05, 4.69) is 4.74 Å². The van der Waals surface area contributed by atoms with Crippen LogP contribution in [0.5, 0.6) is 0 Å². The van der Waals surface area contributed by atoms with Gasteiger partial charge in [0.2, 0.25) is 0 Å². The SMILES string of the molecule is CCOC(C)COCCOC(C)=O. The molecule has 0 spiro atoms. The van der Waals surface area contributed by atoms with Crippen molar-refractivity contribution in [2.24, 2.45) is 0 Å². The van der Waals surface area contributed by atoms with Gasteiger partial charge >= 0.3 is 5.97 Å². The number of carbonyl (C=O) groups excluding carboxylic acids is 1. The lowest BCUT2D eigenvalue weighted by Gasteiger charge is -2.11. The lowest BCUT2D eigenvalue weighted by molar-refractivity contribution is -0.142. The first-order valence-corrected chi connectivity index (χ1v) is 4.49. The van der Waals surface area contributed by atoms with Crippen molar-refractivity contribution in [3.63, 3.8) is 0 Å². The highest BCUT2D eigenvalue weighted by atomic mass is 16.6. The lowest BCUT2D eigenvalue weighted by atomic mass is 10.4. The van der Waals surface area contributed by atoms with Crippen LogP contribution in [0.2, 0.25) is 0 Å². The standard InChI is InChI=1S/C9H18O4/c1-4-12-8(2)7-11-5-6-13-9(3)10/h8H,4-7H2,1-3H3. The molecule has 4 nitrogen and oxygen atoms in total. The fourth-order valence-corrected chi connectivity index (χ4v) is 0.826. The molecular formula is C9H18O4. The summed E-state index contributed by atoms with van der Waals surface area (Å²) < 4.78 is 15.1. The van der Waals surface area contributed by atoms with Gasteiger partial charge in [-0.3, -0.25) is 4.79 Å². The molecule has 0 aromatic rings. The van der Waals surface area contributed by atoms with Gasteiger partial charge in [-0.05, 0) is 13.8 Å². The molecule has 0 N–H and O–H groups in total. The Bertz CT molecular complexity index is 136. The fraction of sp³-hybridized carbons (Fsp3) is 0.889. The highest BCUT2D eigenvalue weighted by Gasteiger charge is 2.00. The molecule has 78 valence electrons. The van der Waals surface area contributed by atoms with Gasteiger partial charge in [-0.25, -0.2) is 0 Å². The Balaban J connectivity index is 3.11. The molecule has 0 aliphatic heterocycles. The second-order valence-electron chi connectivity index (χ2n) is 2.68. The first-order chi connectivity index (χ1) is 6.16. The Morgan fingerprint density at radius 3 is 2.62 bits per heavy atom. The molecule has 0 aromatic carbocycles. The van der Waals surface area contributed by atoms with Crippen LogP contribution in [0.15, 0.2) is 0 Å². The molecule has 0 bridgehead atoms. The van der Waals surface area contributed by atoms with Crippen molar-refractivity contribution >= 4 is 5.97 Å². The van der Waals surface area contributed by atoms with Crippen molar-refractivity contribution in [2.75, 3.05) is 26.4 Å².